The second kappa shape index (κ2) is 9.01. The van der Waals surface area contributed by atoms with Crippen LogP contribution in [0.25, 0.3) is 5.57 Å². The van der Waals surface area contributed by atoms with Gasteiger partial charge in [0.25, 0.3) is 0 Å². The summed E-state index contributed by atoms with van der Waals surface area (Å²) < 4.78 is 30.7. The van der Waals surface area contributed by atoms with Gasteiger partial charge in [-0.15, -0.1) is 0 Å². The topological polar surface area (TPSA) is 82.1 Å². The third kappa shape index (κ3) is 4.42. The number of aliphatic carboxylic acids is 1. The molecule has 7 heteroatoms. The molecule has 0 aromatic heterocycles. The molecule has 150 valence electrons. The molecule has 3 rings (SSSR count). The molecule has 1 aromatic rings. The van der Waals surface area contributed by atoms with Gasteiger partial charge in [-0.25, -0.2) is 9.18 Å². The number of hydrogen-bond acceptors (Lipinski definition) is 5. The minimum absolute atomic E-state index is 0.110. The molecule has 0 bridgehead atoms. The van der Waals surface area contributed by atoms with Crippen LogP contribution in [0.4, 0.5) is 4.39 Å². The average molecular weight is 390 g/mol. The van der Waals surface area contributed by atoms with E-state index in [-0.39, 0.29) is 24.4 Å². The van der Waals surface area contributed by atoms with Crippen molar-refractivity contribution in [2.24, 2.45) is 0 Å². The molecule has 0 saturated heterocycles. The number of allylic oxidation sites excluding steroid dienone is 1. The Hall–Kier alpha value is -2.67. The summed E-state index contributed by atoms with van der Waals surface area (Å²) in [6.07, 6.45) is 4.12. The molecule has 1 aliphatic carbocycles. The zero-order valence-electron chi connectivity index (χ0n) is 15.8. The van der Waals surface area contributed by atoms with E-state index in [0.29, 0.717) is 55.8 Å². The number of benzene rings is 1. The summed E-state index contributed by atoms with van der Waals surface area (Å²) in [6.45, 7) is 0.974. The Labute approximate surface area is 162 Å². The molecule has 0 unspecified atom stereocenters. The number of ether oxygens (including phenoxy) is 3. The van der Waals surface area contributed by atoms with E-state index in [1.54, 1.807) is 7.11 Å². The summed E-state index contributed by atoms with van der Waals surface area (Å²) in [5.41, 5.74) is 1.76. The highest BCUT2D eigenvalue weighted by Crippen LogP contribution is 2.40. The monoisotopic (exact) mass is 390 g/mol. The predicted octanol–water partition coefficient (Wildman–Crippen LogP) is 3.54. The quantitative estimate of drug-likeness (QED) is 0.591. The van der Waals surface area contributed by atoms with Gasteiger partial charge in [-0.05, 0) is 42.6 Å². The summed E-state index contributed by atoms with van der Waals surface area (Å²) in [4.78, 5) is 23.6. The molecule has 1 N–H and O–H groups in total. The van der Waals surface area contributed by atoms with Crippen molar-refractivity contribution in [1.29, 1.82) is 0 Å². The zero-order chi connectivity index (χ0) is 20.1. The highest BCUT2D eigenvalue weighted by atomic mass is 19.1. The van der Waals surface area contributed by atoms with Crippen molar-refractivity contribution in [2.45, 2.75) is 32.1 Å². The first-order chi connectivity index (χ1) is 13.5. The number of fused-ring (bicyclic) bond motifs is 2. The number of Topliss-reactive ketones (excluding diaryl/α,β-unsaturated/α-hetero) is 1. The van der Waals surface area contributed by atoms with Gasteiger partial charge in [0.05, 0.1) is 6.61 Å². The number of ketones is 1. The van der Waals surface area contributed by atoms with Gasteiger partial charge in [0.15, 0.2) is 17.3 Å². The number of methoxy groups -OCH3 is 1. The van der Waals surface area contributed by atoms with Crippen molar-refractivity contribution in [2.75, 3.05) is 26.9 Å². The summed E-state index contributed by atoms with van der Waals surface area (Å²) in [7, 11) is 1.59. The first-order valence-corrected chi connectivity index (χ1v) is 9.30. The molecule has 1 aromatic carbocycles. The fourth-order valence-electron chi connectivity index (χ4n) is 3.38. The maximum absolute atomic E-state index is 14.6. The Morgan fingerprint density at radius 3 is 2.79 bits per heavy atom. The van der Waals surface area contributed by atoms with Crippen LogP contribution in [-0.2, 0) is 14.3 Å². The van der Waals surface area contributed by atoms with E-state index in [9.17, 15) is 19.1 Å². The third-order valence-electron chi connectivity index (χ3n) is 4.81. The molecule has 0 saturated carbocycles. The van der Waals surface area contributed by atoms with Gasteiger partial charge >= 0.3 is 5.97 Å². The molecule has 0 atom stereocenters. The lowest BCUT2D eigenvalue weighted by molar-refractivity contribution is -0.134. The van der Waals surface area contributed by atoms with Gasteiger partial charge in [-0.3, -0.25) is 4.79 Å². The van der Waals surface area contributed by atoms with Gasteiger partial charge < -0.3 is 19.3 Å². The van der Waals surface area contributed by atoms with Gasteiger partial charge in [-0.2, -0.15) is 0 Å². The molecule has 0 spiro atoms. The number of carboxylic acids is 1. The minimum Gasteiger partial charge on any atom is -0.490 e. The SMILES string of the molecule is COCCCOc1cc2c(cc1F)C1=C(/C=C(/C(=O)O)C(=O)CCCC1)CO2. The average Bonchev–Trinajstić information content (AvgIpc) is 2.75. The molecule has 1 aliphatic heterocycles. The number of halogens is 1. The number of hydrogen-bond donors (Lipinski definition) is 1. The molecule has 0 radical (unpaired) electrons. The summed E-state index contributed by atoms with van der Waals surface area (Å²) in [6, 6.07) is 2.89. The molecular formula is C21H23FO6. The van der Waals surface area contributed by atoms with E-state index in [4.69, 9.17) is 14.2 Å². The number of carbonyl (C=O) groups excluding carboxylic acids is 1. The Morgan fingerprint density at radius 1 is 1.25 bits per heavy atom. The molecule has 0 amide bonds. The first-order valence-electron chi connectivity index (χ1n) is 9.30. The van der Waals surface area contributed by atoms with Crippen LogP contribution in [0.15, 0.2) is 29.4 Å². The Morgan fingerprint density at radius 2 is 2.04 bits per heavy atom. The van der Waals surface area contributed by atoms with Crippen LogP contribution in [0.5, 0.6) is 11.5 Å². The highest BCUT2D eigenvalue weighted by Gasteiger charge is 2.26. The second-order valence-corrected chi connectivity index (χ2v) is 6.76. The van der Waals surface area contributed by atoms with Crippen LogP contribution in [-0.4, -0.2) is 43.8 Å². The predicted molar refractivity (Wildman–Crippen MR) is 100.0 cm³/mol. The number of carbonyl (C=O) groups is 2. The number of rotatable bonds is 6. The van der Waals surface area contributed by atoms with Crippen molar-refractivity contribution in [1.82, 2.24) is 0 Å². The van der Waals surface area contributed by atoms with Crippen molar-refractivity contribution >= 4 is 17.3 Å². The lowest BCUT2D eigenvalue weighted by Crippen LogP contribution is -2.15. The lowest BCUT2D eigenvalue weighted by Gasteiger charge is -2.24. The summed E-state index contributed by atoms with van der Waals surface area (Å²) >= 11 is 0. The fourth-order valence-corrected chi connectivity index (χ4v) is 3.38. The van der Waals surface area contributed by atoms with E-state index in [1.165, 1.54) is 18.2 Å². The normalized spacial score (nSPS) is 18.6. The Kier molecular flexibility index (Phi) is 6.46. The smallest absolute Gasteiger partial charge is 0.339 e. The Bertz CT molecular complexity index is 840. The molecule has 28 heavy (non-hydrogen) atoms. The molecule has 0 fully saturated rings. The fraction of sp³-hybridized carbons (Fsp3) is 0.429. The maximum atomic E-state index is 14.6. The van der Waals surface area contributed by atoms with Gasteiger partial charge in [0, 0.05) is 38.2 Å². The zero-order valence-corrected chi connectivity index (χ0v) is 15.8. The minimum atomic E-state index is -1.25. The largest absolute Gasteiger partial charge is 0.490 e. The van der Waals surface area contributed by atoms with Crippen LogP contribution in [0.2, 0.25) is 0 Å². The summed E-state index contributed by atoms with van der Waals surface area (Å²) in [5, 5.41) is 9.37. The van der Waals surface area contributed by atoms with Crippen LogP contribution >= 0.6 is 0 Å². The Balaban J connectivity index is 1.95. The standard InChI is InChI=1S/C21H23FO6/c1-26-7-4-8-27-20-11-19-15(10-17(20)22)14-5-2-3-6-18(23)16(21(24)25)9-13(14)12-28-19/h9-11H,2-8,12H2,1H3,(H,24,25)/b16-9+. The van der Waals surface area contributed by atoms with E-state index in [1.807, 2.05) is 0 Å². The van der Waals surface area contributed by atoms with Gasteiger partial charge in [0.2, 0.25) is 0 Å². The molecule has 2 aliphatic rings. The van der Waals surface area contributed by atoms with E-state index in [0.717, 1.165) is 5.57 Å². The maximum Gasteiger partial charge on any atom is 0.339 e. The van der Waals surface area contributed by atoms with Crippen LogP contribution in [0.1, 0.15) is 37.7 Å². The van der Waals surface area contributed by atoms with Crippen LogP contribution in [0, 0.1) is 5.82 Å². The lowest BCUT2D eigenvalue weighted by atomic mass is 9.92. The second-order valence-electron chi connectivity index (χ2n) is 6.76. The van der Waals surface area contributed by atoms with E-state index < -0.39 is 17.6 Å². The molecule has 1 heterocycles. The summed E-state index contributed by atoms with van der Waals surface area (Å²) in [5.74, 6) is -1.54. The van der Waals surface area contributed by atoms with Crippen LogP contribution < -0.4 is 9.47 Å². The van der Waals surface area contributed by atoms with Crippen molar-refractivity contribution in [3.8, 4) is 11.5 Å². The van der Waals surface area contributed by atoms with Crippen molar-refractivity contribution in [3.63, 3.8) is 0 Å². The van der Waals surface area contributed by atoms with Gasteiger partial charge in [0.1, 0.15) is 17.9 Å². The van der Waals surface area contributed by atoms with E-state index in [2.05, 4.69) is 0 Å². The highest BCUT2D eigenvalue weighted by molar-refractivity contribution is 6.17. The molecule has 6 nitrogen and oxygen atoms in total. The van der Waals surface area contributed by atoms with Gasteiger partial charge in [-0.1, -0.05) is 0 Å². The van der Waals surface area contributed by atoms with Crippen molar-refractivity contribution < 1.29 is 33.3 Å². The van der Waals surface area contributed by atoms with Crippen molar-refractivity contribution in [3.05, 3.63) is 40.7 Å². The van der Waals surface area contributed by atoms with E-state index >= 15 is 0 Å². The third-order valence-corrected chi connectivity index (χ3v) is 4.81. The first kappa shape index (κ1) is 20.1. The van der Waals surface area contributed by atoms with Crippen LogP contribution in [0.3, 0.4) is 0 Å². The number of carboxylic acid groups (broad SMARTS) is 1. The molecular weight excluding hydrogens is 367 g/mol.